The first-order valence-corrected chi connectivity index (χ1v) is 17.7. The lowest BCUT2D eigenvalue weighted by molar-refractivity contribution is 0.0964. The van der Waals surface area contributed by atoms with Crippen LogP contribution in [-0.4, -0.2) is 13.0 Å². The van der Waals surface area contributed by atoms with E-state index in [1.807, 2.05) is 73.7 Å². The molecule has 0 aliphatic carbocycles. The monoisotopic (exact) mass is 717 g/mol. The number of aryl methyl sites for hydroxylation is 1. The van der Waals surface area contributed by atoms with E-state index in [-0.39, 0.29) is 17.5 Å². The van der Waals surface area contributed by atoms with Crippen LogP contribution in [0.5, 0.6) is 17.2 Å². The minimum atomic E-state index is -0.384. The molecule has 9 rings (SSSR count). The Kier molecular flexibility index (Phi) is 8.23. The zero-order valence-corrected chi connectivity index (χ0v) is 29.5. The molecule has 1 aliphatic rings. The molecule has 1 N–H and O–H groups in total. The lowest BCUT2D eigenvalue weighted by Crippen LogP contribution is -2.18. The first kappa shape index (κ1) is 33.2. The number of hydrogen-bond donors (Lipinski definition) is 1. The summed E-state index contributed by atoms with van der Waals surface area (Å²) < 4.78 is 53.9. The summed E-state index contributed by atoms with van der Waals surface area (Å²) in [5.41, 5.74) is 8.55. The molecule has 1 amide bonds. The highest BCUT2D eigenvalue weighted by Crippen LogP contribution is 2.43. The van der Waals surface area contributed by atoms with Gasteiger partial charge in [0.15, 0.2) is 0 Å². The van der Waals surface area contributed by atoms with E-state index in [1.165, 1.54) is 24.3 Å². The largest absolute Gasteiger partial charge is 0.489 e. The van der Waals surface area contributed by atoms with Crippen LogP contribution in [0.4, 0.5) is 8.78 Å². The van der Waals surface area contributed by atoms with E-state index in [1.54, 1.807) is 31.3 Å². The molecule has 0 saturated heterocycles. The molecule has 8 heteroatoms. The molecule has 0 unspecified atom stereocenters. The van der Waals surface area contributed by atoms with Crippen LogP contribution in [-0.2, 0) is 19.4 Å². The van der Waals surface area contributed by atoms with Crippen LogP contribution in [0.3, 0.4) is 0 Å². The van der Waals surface area contributed by atoms with Gasteiger partial charge >= 0.3 is 0 Å². The third-order valence-electron chi connectivity index (χ3n) is 10.0. The van der Waals surface area contributed by atoms with Gasteiger partial charge in [-0.2, -0.15) is 0 Å². The van der Waals surface area contributed by atoms with Crippen molar-refractivity contribution in [2.45, 2.75) is 26.4 Å². The molecule has 1 aliphatic heterocycles. The Balaban J connectivity index is 1.22. The van der Waals surface area contributed by atoms with Gasteiger partial charge in [0.1, 0.15) is 58.2 Å². The van der Waals surface area contributed by atoms with Gasteiger partial charge in [-0.1, -0.05) is 36.4 Å². The summed E-state index contributed by atoms with van der Waals surface area (Å²) in [4.78, 5) is 13.6. The van der Waals surface area contributed by atoms with E-state index in [4.69, 9.17) is 18.3 Å². The third-order valence-corrected chi connectivity index (χ3v) is 10.0. The van der Waals surface area contributed by atoms with Crippen molar-refractivity contribution in [3.05, 3.63) is 172 Å². The van der Waals surface area contributed by atoms with Crippen molar-refractivity contribution >= 4 is 27.8 Å². The smallest absolute Gasteiger partial charge is 0.255 e. The van der Waals surface area contributed by atoms with Crippen LogP contribution >= 0.6 is 0 Å². The van der Waals surface area contributed by atoms with Crippen molar-refractivity contribution < 1.29 is 31.9 Å². The molecule has 54 heavy (non-hydrogen) atoms. The highest BCUT2D eigenvalue weighted by molar-refractivity contribution is 6.12. The molecule has 0 spiro atoms. The number of halogens is 2. The van der Waals surface area contributed by atoms with Crippen LogP contribution in [0.15, 0.2) is 130 Å². The molecular weight excluding hydrogens is 685 g/mol. The van der Waals surface area contributed by atoms with Crippen molar-refractivity contribution in [2.24, 2.45) is 0 Å². The zero-order valence-electron chi connectivity index (χ0n) is 29.5. The van der Waals surface area contributed by atoms with Gasteiger partial charge in [0.25, 0.3) is 5.91 Å². The summed E-state index contributed by atoms with van der Waals surface area (Å²) >= 11 is 0. The van der Waals surface area contributed by atoms with Gasteiger partial charge in [0, 0.05) is 58.5 Å². The van der Waals surface area contributed by atoms with Crippen molar-refractivity contribution in [3.63, 3.8) is 0 Å². The highest BCUT2D eigenvalue weighted by Gasteiger charge is 2.27. The Morgan fingerprint density at radius 2 is 1.20 bits per heavy atom. The Hall–Kier alpha value is -6.67. The molecule has 8 aromatic rings. The molecule has 266 valence electrons. The second kappa shape index (κ2) is 13.4. The van der Waals surface area contributed by atoms with Crippen molar-refractivity contribution in [1.82, 2.24) is 5.32 Å². The second-order valence-electron chi connectivity index (χ2n) is 13.5. The zero-order chi connectivity index (χ0) is 36.9. The molecule has 6 nitrogen and oxygen atoms in total. The number of furan rings is 2. The van der Waals surface area contributed by atoms with Gasteiger partial charge in [-0.05, 0) is 109 Å². The van der Waals surface area contributed by atoms with Crippen LogP contribution < -0.4 is 14.8 Å². The standard InChI is InChI=1S/C46H33F2NO5/c1-26-41-35-24-28-6-4-8-34(22-28)52-38-18-20-40-42(43(46(50)49-2)45(54-40)31-11-15-33(48)16-12-31)36(38)23-27-5-3-7-29(21-27)25-51-37(35)17-19-39(41)53-44(26)30-9-13-32(47)14-10-30/h3-22H,23-25H2,1-2H3,(H,49,50). The van der Waals surface area contributed by atoms with Crippen molar-refractivity contribution in [2.75, 3.05) is 7.05 Å². The first-order valence-electron chi connectivity index (χ1n) is 17.7. The van der Waals surface area contributed by atoms with Gasteiger partial charge in [-0.15, -0.1) is 0 Å². The van der Waals surface area contributed by atoms with Gasteiger partial charge < -0.3 is 23.6 Å². The lowest BCUT2D eigenvalue weighted by Gasteiger charge is -2.15. The maximum atomic E-state index is 13.9. The van der Waals surface area contributed by atoms with Crippen LogP contribution in [0.25, 0.3) is 44.6 Å². The normalized spacial score (nSPS) is 12.6. The number of carbonyl (C=O) groups excluding carboxylic acids is 1. The summed E-state index contributed by atoms with van der Waals surface area (Å²) in [6.45, 7) is 2.33. The SMILES string of the molecule is CNC(=O)c1c(-c2ccc(F)cc2)oc2ccc3c(c12)Cc1cccc(c1)COc1ccc2oc(-c4ccc(F)cc4)c(C)c2c1Cc1cccc(c1)O3. The van der Waals surface area contributed by atoms with Gasteiger partial charge in [-0.3, -0.25) is 4.79 Å². The molecular formula is C46H33F2NO5. The number of nitrogens with one attached hydrogen (secondary N) is 1. The van der Waals surface area contributed by atoms with Crippen LogP contribution in [0.1, 0.15) is 43.7 Å². The van der Waals surface area contributed by atoms with Gasteiger partial charge in [-0.25, -0.2) is 8.78 Å². The summed E-state index contributed by atoms with van der Waals surface area (Å²) in [5, 5.41) is 4.34. The van der Waals surface area contributed by atoms with E-state index in [9.17, 15) is 13.6 Å². The Bertz CT molecular complexity index is 2730. The number of carbonyl (C=O) groups is 1. The van der Waals surface area contributed by atoms with E-state index in [0.29, 0.717) is 70.1 Å². The Morgan fingerprint density at radius 1 is 0.630 bits per heavy atom. The van der Waals surface area contributed by atoms with E-state index < -0.39 is 0 Å². The molecule has 0 fully saturated rings. The Morgan fingerprint density at radius 3 is 1.91 bits per heavy atom. The highest BCUT2D eigenvalue weighted by atomic mass is 19.1. The number of fused-ring (bicyclic) bond motifs is 10. The number of rotatable bonds is 3. The average molecular weight is 718 g/mol. The predicted octanol–water partition coefficient (Wildman–Crippen LogP) is 11.3. The number of ether oxygens (including phenoxy) is 2. The van der Waals surface area contributed by atoms with E-state index in [0.717, 1.165) is 50.1 Å². The van der Waals surface area contributed by atoms with E-state index >= 15 is 0 Å². The average Bonchev–Trinajstić information content (AvgIpc) is 3.74. The molecule has 0 saturated carbocycles. The lowest BCUT2D eigenvalue weighted by atomic mass is 9.95. The van der Waals surface area contributed by atoms with E-state index in [2.05, 4.69) is 11.4 Å². The third kappa shape index (κ3) is 5.95. The maximum Gasteiger partial charge on any atom is 0.255 e. The number of hydrogen-bond acceptors (Lipinski definition) is 5. The molecule has 0 atom stereocenters. The topological polar surface area (TPSA) is 73.8 Å². The number of amides is 1. The van der Waals surface area contributed by atoms with Crippen LogP contribution in [0, 0.1) is 18.6 Å². The summed E-state index contributed by atoms with van der Waals surface area (Å²) in [5.74, 6) is 1.93. The quantitative estimate of drug-likeness (QED) is 0.197. The summed E-state index contributed by atoms with van der Waals surface area (Å²) in [6, 6.07) is 35.8. The summed E-state index contributed by atoms with van der Waals surface area (Å²) in [7, 11) is 1.58. The molecule has 6 aromatic carbocycles. The van der Waals surface area contributed by atoms with Crippen LogP contribution in [0.2, 0.25) is 0 Å². The Labute approximate surface area is 309 Å². The number of benzene rings is 6. The maximum absolute atomic E-state index is 13.9. The fraction of sp³-hybridized carbons (Fsp3) is 0.109. The molecule has 0 radical (unpaired) electrons. The minimum Gasteiger partial charge on any atom is -0.489 e. The second-order valence-corrected chi connectivity index (χ2v) is 13.5. The minimum absolute atomic E-state index is 0.308. The first-order chi connectivity index (χ1) is 26.3. The fourth-order valence-electron chi connectivity index (χ4n) is 7.49. The fourth-order valence-corrected chi connectivity index (χ4v) is 7.49. The van der Waals surface area contributed by atoms with Gasteiger partial charge in [0.05, 0.1) is 5.56 Å². The molecule has 3 heterocycles. The van der Waals surface area contributed by atoms with Crippen molar-refractivity contribution in [1.29, 1.82) is 0 Å². The predicted molar refractivity (Wildman–Crippen MR) is 204 cm³/mol. The van der Waals surface area contributed by atoms with Crippen molar-refractivity contribution in [3.8, 4) is 39.9 Å². The molecule has 2 aromatic heterocycles. The van der Waals surface area contributed by atoms with Gasteiger partial charge in [0.2, 0.25) is 0 Å². The molecule has 4 bridgehead atoms. The summed E-state index contributed by atoms with van der Waals surface area (Å²) in [6.07, 6.45) is 0.937.